The summed E-state index contributed by atoms with van der Waals surface area (Å²) in [7, 11) is 0. The first-order chi connectivity index (χ1) is 10.4. The fourth-order valence-electron chi connectivity index (χ4n) is 3.58. The lowest BCUT2D eigenvalue weighted by molar-refractivity contribution is -0.142. The van der Waals surface area contributed by atoms with Gasteiger partial charge in [-0.05, 0) is 17.5 Å². The molecule has 0 bridgehead atoms. The molecule has 1 heterocycles. The Kier molecular flexibility index (Phi) is 3.59. The van der Waals surface area contributed by atoms with Crippen molar-refractivity contribution < 1.29 is 14.7 Å². The summed E-state index contributed by atoms with van der Waals surface area (Å²) in [6.45, 7) is 6.64. The molecule has 2 fully saturated rings. The topological polar surface area (TPSA) is 60.9 Å². The molecule has 0 aromatic heterocycles. The van der Waals surface area contributed by atoms with Crippen LogP contribution in [0.15, 0.2) is 30.3 Å². The largest absolute Gasteiger partial charge is 0.481 e. The van der Waals surface area contributed by atoms with E-state index in [-0.39, 0.29) is 11.8 Å². The molecule has 1 aliphatic carbocycles. The van der Waals surface area contributed by atoms with Gasteiger partial charge in [0.25, 0.3) is 0 Å². The number of benzene rings is 1. The van der Waals surface area contributed by atoms with Gasteiger partial charge in [0.2, 0.25) is 5.91 Å². The van der Waals surface area contributed by atoms with Gasteiger partial charge < -0.3 is 14.9 Å². The summed E-state index contributed by atoms with van der Waals surface area (Å²) in [5, 5.41) is 9.22. The van der Waals surface area contributed by atoms with E-state index in [0.29, 0.717) is 13.1 Å². The van der Waals surface area contributed by atoms with Crippen LogP contribution in [-0.4, -0.2) is 48.1 Å². The standard InChI is InChI=1S/C17H22N2O3/c1-17(2)13(14(17)16(21)22)15(20)19-10-8-18(9-11-19)12-6-4-3-5-7-12/h3-7,13-14H,8-11H2,1-2H3,(H,21,22)/t13-,14+/m1/s1. The number of para-hydroxylation sites is 1. The van der Waals surface area contributed by atoms with Gasteiger partial charge in [-0.2, -0.15) is 0 Å². The van der Waals surface area contributed by atoms with Crippen LogP contribution in [0.2, 0.25) is 0 Å². The fourth-order valence-corrected chi connectivity index (χ4v) is 3.58. The molecule has 2 atom stereocenters. The first kappa shape index (κ1) is 14.9. The highest BCUT2D eigenvalue weighted by Crippen LogP contribution is 2.59. The van der Waals surface area contributed by atoms with Crippen molar-refractivity contribution in [3.05, 3.63) is 30.3 Å². The SMILES string of the molecule is CC1(C)[C@H](C(=O)O)[C@@H]1C(=O)N1CCN(c2ccccc2)CC1. The van der Waals surface area contributed by atoms with E-state index in [1.165, 1.54) is 5.69 Å². The third-order valence-electron chi connectivity index (χ3n) is 5.07. The van der Waals surface area contributed by atoms with Crippen molar-refractivity contribution in [1.29, 1.82) is 0 Å². The molecule has 1 aliphatic heterocycles. The Bertz CT molecular complexity index is 577. The summed E-state index contributed by atoms with van der Waals surface area (Å²) in [5.74, 6) is -1.75. The zero-order chi connectivity index (χ0) is 15.9. The maximum absolute atomic E-state index is 12.6. The van der Waals surface area contributed by atoms with Crippen LogP contribution in [0, 0.1) is 17.3 Å². The number of carbonyl (C=O) groups is 2. The van der Waals surface area contributed by atoms with Crippen molar-refractivity contribution in [3.63, 3.8) is 0 Å². The van der Waals surface area contributed by atoms with Crippen LogP contribution in [0.5, 0.6) is 0 Å². The first-order valence-corrected chi connectivity index (χ1v) is 7.74. The number of anilines is 1. The molecule has 1 aromatic rings. The molecule has 2 aliphatic rings. The fraction of sp³-hybridized carbons (Fsp3) is 0.529. The molecule has 22 heavy (non-hydrogen) atoms. The molecule has 0 unspecified atom stereocenters. The minimum absolute atomic E-state index is 0.00473. The molecule has 0 radical (unpaired) electrons. The number of piperazine rings is 1. The Balaban J connectivity index is 1.60. The molecule has 3 rings (SSSR count). The Morgan fingerprint density at radius 2 is 1.64 bits per heavy atom. The number of nitrogens with zero attached hydrogens (tertiary/aromatic N) is 2. The summed E-state index contributed by atoms with van der Waals surface area (Å²) >= 11 is 0. The second-order valence-corrected chi connectivity index (χ2v) is 6.76. The number of carboxylic acids is 1. The normalized spacial score (nSPS) is 26.6. The van der Waals surface area contributed by atoms with Crippen molar-refractivity contribution in [2.45, 2.75) is 13.8 Å². The molecule has 0 spiro atoms. The number of hydrogen-bond acceptors (Lipinski definition) is 3. The van der Waals surface area contributed by atoms with Crippen LogP contribution in [-0.2, 0) is 9.59 Å². The number of aliphatic carboxylic acids is 1. The van der Waals surface area contributed by atoms with Gasteiger partial charge in [0.15, 0.2) is 0 Å². The Morgan fingerprint density at radius 1 is 1.05 bits per heavy atom. The lowest BCUT2D eigenvalue weighted by Crippen LogP contribution is -2.49. The predicted molar refractivity (Wildman–Crippen MR) is 83.6 cm³/mol. The minimum Gasteiger partial charge on any atom is -0.481 e. The van der Waals surface area contributed by atoms with Gasteiger partial charge in [-0.1, -0.05) is 32.0 Å². The van der Waals surface area contributed by atoms with Crippen molar-refractivity contribution in [2.75, 3.05) is 31.1 Å². The summed E-state index contributed by atoms with van der Waals surface area (Å²) in [4.78, 5) is 27.9. The third kappa shape index (κ3) is 2.45. The maximum atomic E-state index is 12.6. The van der Waals surface area contributed by atoms with Crippen molar-refractivity contribution in [2.24, 2.45) is 17.3 Å². The number of carboxylic acid groups (broad SMARTS) is 1. The summed E-state index contributed by atoms with van der Waals surface area (Å²) < 4.78 is 0. The monoisotopic (exact) mass is 302 g/mol. The average molecular weight is 302 g/mol. The van der Waals surface area contributed by atoms with Gasteiger partial charge in [0, 0.05) is 31.9 Å². The molecule has 1 N–H and O–H groups in total. The summed E-state index contributed by atoms with van der Waals surface area (Å²) in [6.07, 6.45) is 0. The number of carbonyl (C=O) groups excluding carboxylic acids is 1. The van der Waals surface area contributed by atoms with Crippen LogP contribution in [0.3, 0.4) is 0 Å². The Morgan fingerprint density at radius 3 is 2.14 bits per heavy atom. The zero-order valence-corrected chi connectivity index (χ0v) is 13.0. The molecular formula is C17H22N2O3. The lowest BCUT2D eigenvalue weighted by Gasteiger charge is -2.36. The number of amides is 1. The van der Waals surface area contributed by atoms with E-state index in [1.54, 1.807) is 0 Å². The predicted octanol–water partition coefficient (Wildman–Crippen LogP) is 1.69. The lowest BCUT2D eigenvalue weighted by atomic mass is 10.1. The van der Waals surface area contributed by atoms with Crippen LogP contribution in [0.4, 0.5) is 5.69 Å². The Labute approximate surface area is 130 Å². The highest BCUT2D eigenvalue weighted by atomic mass is 16.4. The van der Waals surface area contributed by atoms with E-state index >= 15 is 0 Å². The number of hydrogen-bond donors (Lipinski definition) is 1. The molecule has 5 heteroatoms. The second kappa shape index (κ2) is 5.30. The van der Waals surface area contributed by atoms with E-state index in [4.69, 9.17) is 0 Å². The quantitative estimate of drug-likeness (QED) is 0.923. The Hall–Kier alpha value is -2.04. The van der Waals surface area contributed by atoms with Crippen LogP contribution in [0.25, 0.3) is 0 Å². The summed E-state index contributed by atoms with van der Waals surface area (Å²) in [5.41, 5.74) is 0.754. The molecule has 1 saturated carbocycles. The smallest absolute Gasteiger partial charge is 0.307 e. The van der Waals surface area contributed by atoms with E-state index < -0.39 is 17.3 Å². The summed E-state index contributed by atoms with van der Waals surface area (Å²) in [6, 6.07) is 10.2. The minimum atomic E-state index is -0.855. The van der Waals surface area contributed by atoms with E-state index in [9.17, 15) is 14.7 Å². The molecule has 1 aromatic carbocycles. The van der Waals surface area contributed by atoms with E-state index in [0.717, 1.165) is 13.1 Å². The molecule has 1 amide bonds. The third-order valence-corrected chi connectivity index (χ3v) is 5.07. The van der Waals surface area contributed by atoms with Crippen molar-refractivity contribution in [1.82, 2.24) is 4.90 Å². The van der Waals surface area contributed by atoms with Gasteiger partial charge in [-0.25, -0.2) is 0 Å². The van der Waals surface area contributed by atoms with Gasteiger partial charge >= 0.3 is 5.97 Å². The first-order valence-electron chi connectivity index (χ1n) is 7.74. The molecule has 1 saturated heterocycles. The van der Waals surface area contributed by atoms with Gasteiger partial charge in [-0.3, -0.25) is 9.59 Å². The highest BCUT2D eigenvalue weighted by Gasteiger charge is 2.66. The van der Waals surface area contributed by atoms with E-state index in [1.807, 2.05) is 36.9 Å². The van der Waals surface area contributed by atoms with Gasteiger partial charge in [0.1, 0.15) is 0 Å². The zero-order valence-electron chi connectivity index (χ0n) is 13.0. The molecule has 118 valence electrons. The van der Waals surface area contributed by atoms with Crippen LogP contribution < -0.4 is 4.90 Å². The van der Waals surface area contributed by atoms with Crippen molar-refractivity contribution >= 4 is 17.6 Å². The van der Waals surface area contributed by atoms with Gasteiger partial charge in [-0.15, -0.1) is 0 Å². The number of rotatable bonds is 3. The van der Waals surface area contributed by atoms with Crippen LogP contribution >= 0.6 is 0 Å². The molecular weight excluding hydrogens is 280 g/mol. The maximum Gasteiger partial charge on any atom is 0.307 e. The molecule has 5 nitrogen and oxygen atoms in total. The van der Waals surface area contributed by atoms with Gasteiger partial charge in [0.05, 0.1) is 11.8 Å². The highest BCUT2D eigenvalue weighted by molar-refractivity contribution is 5.91. The van der Waals surface area contributed by atoms with E-state index in [2.05, 4.69) is 17.0 Å². The van der Waals surface area contributed by atoms with Crippen LogP contribution in [0.1, 0.15) is 13.8 Å². The average Bonchev–Trinajstić information content (AvgIpc) is 3.10. The second-order valence-electron chi connectivity index (χ2n) is 6.76. The van der Waals surface area contributed by atoms with Crippen molar-refractivity contribution in [3.8, 4) is 0 Å².